The van der Waals surface area contributed by atoms with Gasteiger partial charge in [-0.05, 0) is 56.2 Å². The summed E-state index contributed by atoms with van der Waals surface area (Å²) < 4.78 is 5.22. The Bertz CT molecular complexity index is 1330. The van der Waals surface area contributed by atoms with E-state index in [1.165, 1.54) is 14.0 Å². The zero-order valence-electron chi connectivity index (χ0n) is 22.8. The first-order valence-electron chi connectivity index (χ1n) is 13.0. The fourth-order valence-corrected chi connectivity index (χ4v) is 5.04. The van der Waals surface area contributed by atoms with E-state index in [-0.39, 0.29) is 12.3 Å². The average molecular weight is 530 g/mol. The van der Waals surface area contributed by atoms with E-state index in [9.17, 15) is 14.4 Å². The molecule has 39 heavy (non-hydrogen) atoms. The van der Waals surface area contributed by atoms with Crippen LogP contribution in [0, 0.1) is 11.8 Å². The minimum Gasteiger partial charge on any atom is -0.497 e. The number of imide groups is 1. The number of hydrogen-bond acceptors (Lipinski definition) is 7. The highest BCUT2D eigenvalue weighted by atomic mass is 16.5. The molecule has 0 bridgehead atoms. The minimum atomic E-state index is -1.45. The number of nitrogens with one attached hydrogen (secondary N) is 4. The van der Waals surface area contributed by atoms with Gasteiger partial charge in [-0.2, -0.15) is 0 Å². The lowest BCUT2D eigenvalue weighted by molar-refractivity contribution is -0.122. The van der Waals surface area contributed by atoms with Crippen LogP contribution in [0.3, 0.4) is 0 Å². The van der Waals surface area contributed by atoms with Gasteiger partial charge >= 0.3 is 6.03 Å². The van der Waals surface area contributed by atoms with Crippen molar-refractivity contribution in [2.45, 2.75) is 44.9 Å². The summed E-state index contributed by atoms with van der Waals surface area (Å²) in [5, 5.41) is 11.6. The number of urea groups is 1. The molecule has 0 aromatic heterocycles. The number of amides is 3. The first-order valence-corrected chi connectivity index (χ1v) is 13.0. The van der Waals surface area contributed by atoms with Gasteiger partial charge in [-0.15, -0.1) is 0 Å². The predicted octanol–water partition coefficient (Wildman–Crippen LogP) is 2.27. The molecule has 3 atom stereocenters. The van der Waals surface area contributed by atoms with Crippen LogP contribution < -0.4 is 26.0 Å². The number of methoxy groups -OCH3 is 1. The summed E-state index contributed by atoms with van der Waals surface area (Å²) in [7, 11) is 1.54. The molecule has 2 aliphatic heterocycles. The van der Waals surface area contributed by atoms with Gasteiger partial charge in [0.15, 0.2) is 11.3 Å². The Kier molecular flexibility index (Phi) is 8.38. The Morgan fingerprint density at radius 2 is 1.85 bits per heavy atom. The molecule has 2 aliphatic rings. The highest BCUT2D eigenvalue weighted by Crippen LogP contribution is 2.25. The molecule has 2 saturated heterocycles. The first kappa shape index (κ1) is 27.9. The molecular weight excluding hydrogens is 494 g/mol. The lowest BCUT2D eigenvalue weighted by Gasteiger charge is -2.42. The van der Waals surface area contributed by atoms with Crippen molar-refractivity contribution in [1.82, 2.24) is 26.2 Å². The Labute approximate surface area is 229 Å². The third-order valence-corrected chi connectivity index (χ3v) is 7.12. The lowest BCUT2D eigenvalue weighted by Crippen LogP contribution is -2.53. The summed E-state index contributed by atoms with van der Waals surface area (Å²) in [6, 6.07) is 13.0. The van der Waals surface area contributed by atoms with Crippen molar-refractivity contribution < 1.29 is 19.1 Å². The number of Topliss-reactive ketones (excluding diaryl/α,β-unsaturated/α-hetero) is 1. The van der Waals surface area contributed by atoms with Crippen molar-refractivity contribution >= 4 is 23.4 Å². The van der Waals surface area contributed by atoms with E-state index in [4.69, 9.17) is 4.74 Å². The topological polar surface area (TPSA) is 112 Å². The zero-order valence-corrected chi connectivity index (χ0v) is 22.8. The minimum absolute atomic E-state index is 0.0502. The van der Waals surface area contributed by atoms with E-state index < -0.39 is 17.5 Å². The van der Waals surface area contributed by atoms with Crippen LogP contribution in [-0.2, 0) is 11.3 Å². The van der Waals surface area contributed by atoms with Gasteiger partial charge in [0, 0.05) is 55.1 Å². The van der Waals surface area contributed by atoms with E-state index in [0.29, 0.717) is 35.5 Å². The zero-order chi connectivity index (χ0) is 28.2. The number of nitrogens with zero attached hydrogens (tertiary/aromatic N) is 1. The van der Waals surface area contributed by atoms with Crippen LogP contribution in [0.15, 0.2) is 49.0 Å². The van der Waals surface area contributed by atoms with E-state index in [0.717, 1.165) is 29.9 Å². The fourth-order valence-electron chi connectivity index (χ4n) is 5.04. The second kappa shape index (κ2) is 11.7. The summed E-state index contributed by atoms with van der Waals surface area (Å²) >= 11 is 0. The monoisotopic (exact) mass is 529 g/mol. The van der Waals surface area contributed by atoms with Crippen LogP contribution >= 0.6 is 0 Å². The molecule has 204 valence electrons. The van der Waals surface area contributed by atoms with E-state index in [1.54, 1.807) is 18.2 Å². The van der Waals surface area contributed by atoms with Crippen molar-refractivity contribution in [2.24, 2.45) is 0 Å². The second-order valence-corrected chi connectivity index (χ2v) is 10.0. The molecule has 2 fully saturated rings. The number of carbonyl (C=O) groups is 3. The van der Waals surface area contributed by atoms with Gasteiger partial charge in [-0.3, -0.25) is 14.9 Å². The average Bonchev–Trinajstić information content (AvgIpc) is 3.20. The fraction of sp³-hybridized carbons (Fsp3) is 0.367. The molecular formula is C30H35N5O4. The molecule has 2 aromatic rings. The molecule has 9 nitrogen and oxygen atoms in total. The van der Waals surface area contributed by atoms with Crippen molar-refractivity contribution in [3.05, 3.63) is 71.3 Å². The maximum Gasteiger partial charge on any atom is 0.323 e. The predicted molar refractivity (Wildman–Crippen MR) is 150 cm³/mol. The van der Waals surface area contributed by atoms with Crippen LogP contribution in [0.25, 0.3) is 5.70 Å². The molecule has 2 heterocycles. The van der Waals surface area contributed by atoms with Crippen molar-refractivity contribution in [1.29, 1.82) is 0 Å². The van der Waals surface area contributed by atoms with Crippen LogP contribution in [0.2, 0.25) is 0 Å². The van der Waals surface area contributed by atoms with Crippen molar-refractivity contribution in [3.63, 3.8) is 0 Å². The Hall–Kier alpha value is -4.13. The van der Waals surface area contributed by atoms with E-state index in [1.807, 2.05) is 24.3 Å². The van der Waals surface area contributed by atoms with Crippen LogP contribution in [0.5, 0.6) is 5.75 Å². The molecule has 0 saturated carbocycles. The Morgan fingerprint density at radius 3 is 2.44 bits per heavy atom. The number of hydrogen-bond donors (Lipinski definition) is 4. The third kappa shape index (κ3) is 6.14. The van der Waals surface area contributed by atoms with Gasteiger partial charge in [0.05, 0.1) is 7.11 Å². The first-order chi connectivity index (χ1) is 18.6. The number of carbonyl (C=O) groups excluding carboxylic acids is 3. The largest absolute Gasteiger partial charge is 0.497 e. The Balaban J connectivity index is 1.49. The van der Waals surface area contributed by atoms with Crippen molar-refractivity contribution in [2.75, 3.05) is 26.7 Å². The Morgan fingerprint density at radius 1 is 1.15 bits per heavy atom. The van der Waals surface area contributed by atoms with Crippen LogP contribution in [-0.4, -0.2) is 67.0 Å². The molecule has 0 radical (unpaired) electrons. The highest BCUT2D eigenvalue weighted by molar-refractivity contribution is 6.09. The second-order valence-electron chi connectivity index (χ2n) is 10.0. The molecule has 4 N–H and O–H groups in total. The molecule has 3 amide bonds. The highest BCUT2D eigenvalue weighted by Gasteiger charge is 2.45. The van der Waals surface area contributed by atoms with E-state index in [2.05, 4.69) is 58.4 Å². The SMILES string of the molecule is C=C(c1ccc(C#CC2(CNCc3ccc(OC)cc3C(C)=O)NC(=O)NC2=O)cc1)N1C(C)CNCC1C. The smallest absolute Gasteiger partial charge is 0.323 e. The number of benzene rings is 2. The van der Waals surface area contributed by atoms with Crippen molar-refractivity contribution in [3.8, 4) is 17.6 Å². The molecule has 0 spiro atoms. The third-order valence-electron chi connectivity index (χ3n) is 7.12. The number of rotatable bonds is 8. The quantitative estimate of drug-likeness (QED) is 0.236. The number of ketones is 1. The van der Waals surface area contributed by atoms with Gasteiger partial charge in [0.2, 0.25) is 0 Å². The lowest BCUT2D eigenvalue weighted by atomic mass is 9.98. The molecule has 3 unspecified atom stereocenters. The molecule has 9 heteroatoms. The summed E-state index contributed by atoms with van der Waals surface area (Å²) in [4.78, 5) is 39.3. The van der Waals surface area contributed by atoms with Gasteiger partial charge < -0.3 is 25.6 Å². The normalized spacial score (nSPS) is 22.4. The summed E-state index contributed by atoms with van der Waals surface area (Å²) in [6.07, 6.45) is 0. The summed E-state index contributed by atoms with van der Waals surface area (Å²) in [6.45, 7) is 12.3. The standard InChI is InChI=1S/C30H35N5O4/c1-19-15-31-16-20(2)35(19)21(3)24-8-6-23(7-9-24)12-13-30(28(37)33-29(38)34-30)18-32-17-25-10-11-26(39-5)14-27(25)22(4)36/h6-11,14,19-20,31-32H,3,15-18H2,1-2,4-5H3,(H2,33,34,37,38). The van der Waals surface area contributed by atoms with Gasteiger partial charge in [-0.25, -0.2) is 4.79 Å². The van der Waals surface area contributed by atoms with Gasteiger partial charge in [0.1, 0.15) is 5.75 Å². The number of piperazine rings is 1. The maximum absolute atomic E-state index is 12.8. The molecule has 0 aliphatic carbocycles. The summed E-state index contributed by atoms with van der Waals surface area (Å²) in [5.74, 6) is 5.98. The van der Waals surface area contributed by atoms with Crippen LogP contribution in [0.4, 0.5) is 4.79 Å². The van der Waals surface area contributed by atoms with Crippen LogP contribution in [0.1, 0.15) is 47.8 Å². The molecule has 2 aromatic carbocycles. The number of ether oxygens (including phenoxy) is 1. The van der Waals surface area contributed by atoms with Gasteiger partial charge in [-0.1, -0.05) is 36.6 Å². The van der Waals surface area contributed by atoms with E-state index >= 15 is 0 Å². The summed E-state index contributed by atoms with van der Waals surface area (Å²) in [5.41, 5.74) is 2.49. The van der Waals surface area contributed by atoms with Gasteiger partial charge in [0.25, 0.3) is 5.91 Å². The molecule has 4 rings (SSSR count). The maximum atomic E-state index is 12.8.